The van der Waals surface area contributed by atoms with Crippen molar-refractivity contribution in [3.05, 3.63) is 28.2 Å². The molecular formula is C11H13BrN2O5S. The van der Waals surface area contributed by atoms with E-state index in [4.69, 9.17) is 5.11 Å². The number of carbonyl (C=O) groups excluding carboxylic acids is 1. The van der Waals surface area contributed by atoms with Crippen molar-refractivity contribution in [2.75, 3.05) is 20.6 Å². The summed E-state index contributed by atoms with van der Waals surface area (Å²) in [5.41, 5.74) is -0.0372. The number of carboxylic acids is 1. The van der Waals surface area contributed by atoms with Gasteiger partial charge in [0.15, 0.2) is 0 Å². The van der Waals surface area contributed by atoms with Crippen molar-refractivity contribution < 1.29 is 23.1 Å². The minimum Gasteiger partial charge on any atom is -0.478 e. The second-order valence-corrected chi connectivity index (χ2v) is 6.75. The van der Waals surface area contributed by atoms with E-state index in [1.807, 2.05) is 0 Å². The Bertz CT molecular complexity index is 644. The average Bonchev–Trinajstić information content (AvgIpc) is 2.37. The number of hydrogen-bond donors (Lipinski definition) is 2. The fourth-order valence-corrected chi connectivity index (χ4v) is 3.54. The van der Waals surface area contributed by atoms with Crippen molar-refractivity contribution >= 4 is 37.8 Å². The van der Waals surface area contributed by atoms with E-state index in [0.29, 0.717) is 0 Å². The van der Waals surface area contributed by atoms with E-state index in [1.165, 1.54) is 32.3 Å². The standard InChI is InChI=1S/C11H13BrN2O5S/c1-13-10(15)6-14(2)20(18,19)9-4-3-7(11(16)17)5-8(9)12/h3-5H,6H2,1-2H3,(H,13,15)(H,16,17). The summed E-state index contributed by atoms with van der Waals surface area (Å²) < 4.78 is 25.5. The molecule has 7 nitrogen and oxygen atoms in total. The van der Waals surface area contributed by atoms with Crippen molar-refractivity contribution in [1.82, 2.24) is 9.62 Å². The van der Waals surface area contributed by atoms with Crippen molar-refractivity contribution in [1.29, 1.82) is 0 Å². The summed E-state index contributed by atoms with van der Waals surface area (Å²) in [5, 5.41) is 11.2. The van der Waals surface area contributed by atoms with E-state index in [1.54, 1.807) is 0 Å². The molecule has 9 heteroatoms. The maximum Gasteiger partial charge on any atom is 0.335 e. The van der Waals surface area contributed by atoms with E-state index < -0.39 is 21.9 Å². The monoisotopic (exact) mass is 364 g/mol. The SMILES string of the molecule is CNC(=O)CN(C)S(=O)(=O)c1ccc(C(=O)O)cc1Br. The number of carbonyl (C=O) groups is 2. The van der Waals surface area contributed by atoms with Gasteiger partial charge in [-0.25, -0.2) is 13.2 Å². The van der Waals surface area contributed by atoms with Gasteiger partial charge in [0, 0.05) is 18.6 Å². The number of nitrogens with zero attached hydrogens (tertiary/aromatic N) is 1. The number of sulfonamides is 1. The third-order valence-corrected chi connectivity index (χ3v) is 5.29. The molecule has 1 aromatic carbocycles. The number of aromatic carboxylic acids is 1. The molecule has 0 spiro atoms. The summed E-state index contributed by atoms with van der Waals surface area (Å²) in [6, 6.07) is 3.57. The molecule has 1 aromatic rings. The van der Waals surface area contributed by atoms with Gasteiger partial charge in [0.05, 0.1) is 17.0 Å². The van der Waals surface area contributed by atoms with Gasteiger partial charge in [-0.1, -0.05) is 0 Å². The smallest absolute Gasteiger partial charge is 0.335 e. The summed E-state index contributed by atoms with van der Waals surface area (Å²) in [4.78, 5) is 21.9. The number of rotatable bonds is 5. The molecule has 0 aromatic heterocycles. The lowest BCUT2D eigenvalue weighted by atomic mass is 10.2. The molecule has 0 radical (unpaired) electrons. The van der Waals surface area contributed by atoms with E-state index >= 15 is 0 Å². The van der Waals surface area contributed by atoms with Crippen molar-refractivity contribution in [2.24, 2.45) is 0 Å². The van der Waals surface area contributed by atoms with Gasteiger partial charge in [0.25, 0.3) is 0 Å². The summed E-state index contributed by atoms with van der Waals surface area (Å²) in [5.74, 6) is -1.61. The first-order valence-corrected chi connectivity index (χ1v) is 7.63. The van der Waals surface area contributed by atoms with Crippen LogP contribution in [0.2, 0.25) is 0 Å². The highest BCUT2D eigenvalue weighted by Gasteiger charge is 2.25. The Morgan fingerprint density at radius 1 is 1.40 bits per heavy atom. The number of halogens is 1. The molecule has 20 heavy (non-hydrogen) atoms. The molecule has 0 heterocycles. The van der Waals surface area contributed by atoms with Crippen LogP contribution in [0.25, 0.3) is 0 Å². The lowest BCUT2D eigenvalue weighted by Crippen LogP contribution is -2.37. The number of benzene rings is 1. The molecular weight excluding hydrogens is 352 g/mol. The highest BCUT2D eigenvalue weighted by Crippen LogP contribution is 2.25. The molecule has 0 saturated heterocycles. The summed E-state index contributed by atoms with van der Waals surface area (Å²) in [6.45, 7) is -0.327. The normalized spacial score (nSPS) is 11.4. The van der Waals surface area contributed by atoms with Crippen LogP contribution in [-0.4, -0.2) is 50.3 Å². The minimum absolute atomic E-state index is 0.0372. The predicted molar refractivity (Wildman–Crippen MR) is 75.0 cm³/mol. The van der Waals surface area contributed by atoms with Gasteiger partial charge in [0.2, 0.25) is 15.9 Å². The lowest BCUT2D eigenvalue weighted by Gasteiger charge is -2.17. The van der Waals surface area contributed by atoms with Crippen molar-refractivity contribution in [2.45, 2.75) is 4.90 Å². The molecule has 0 unspecified atom stereocenters. The van der Waals surface area contributed by atoms with Gasteiger partial charge < -0.3 is 10.4 Å². The van der Waals surface area contributed by atoms with E-state index in [0.717, 1.165) is 4.31 Å². The Labute approximate surface area is 124 Å². The first-order chi connectivity index (χ1) is 9.20. The van der Waals surface area contributed by atoms with Crippen molar-refractivity contribution in [3.8, 4) is 0 Å². The molecule has 0 aliphatic heterocycles. The molecule has 0 aliphatic rings. The minimum atomic E-state index is -3.88. The maximum absolute atomic E-state index is 12.3. The fourth-order valence-electron chi connectivity index (χ4n) is 1.38. The highest BCUT2D eigenvalue weighted by atomic mass is 79.9. The molecule has 2 N–H and O–H groups in total. The van der Waals surface area contributed by atoms with Crippen LogP contribution in [0.3, 0.4) is 0 Å². The fraction of sp³-hybridized carbons (Fsp3) is 0.273. The number of likely N-dealkylation sites (N-methyl/N-ethyl adjacent to an activating group) is 2. The van der Waals surface area contributed by atoms with Gasteiger partial charge in [-0.05, 0) is 34.1 Å². The zero-order valence-corrected chi connectivity index (χ0v) is 13.2. The Morgan fingerprint density at radius 3 is 2.45 bits per heavy atom. The second-order valence-electron chi connectivity index (χ2n) is 3.88. The number of amides is 1. The zero-order chi connectivity index (χ0) is 15.5. The molecule has 110 valence electrons. The third-order valence-electron chi connectivity index (χ3n) is 2.51. The van der Waals surface area contributed by atoms with Crippen LogP contribution >= 0.6 is 15.9 Å². The molecule has 1 amide bonds. The van der Waals surface area contributed by atoms with Gasteiger partial charge in [-0.15, -0.1) is 0 Å². The Kier molecular flexibility index (Phi) is 5.26. The van der Waals surface area contributed by atoms with E-state index in [9.17, 15) is 18.0 Å². The Balaban J connectivity index is 3.16. The second kappa shape index (κ2) is 6.33. The topological polar surface area (TPSA) is 104 Å². The first kappa shape index (κ1) is 16.6. The van der Waals surface area contributed by atoms with Gasteiger partial charge in [-0.2, -0.15) is 4.31 Å². The lowest BCUT2D eigenvalue weighted by molar-refractivity contribution is -0.120. The molecule has 0 fully saturated rings. The quantitative estimate of drug-likeness (QED) is 0.792. The van der Waals surface area contributed by atoms with Crippen LogP contribution in [0.15, 0.2) is 27.6 Å². The van der Waals surface area contributed by atoms with Crippen molar-refractivity contribution in [3.63, 3.8) is 0 Å². The number of carboxylic acid groups (broad SMARTS) is 1. The molecule has 0 bridgehead atoms. The van der Waals surface area contributed by atoms with Crippen LogP contribution in [0, 0.1) is 0 Å². The largest absolute Gasteiger partial charge is 0.478 e. The van der Waals surface area contributed by atoms with Crippen LogP contribution < -0.4 is 5.32 Å². The third kappa shape index (κ3) is 3.56. The van der Waals surface area contributed by atoms with E-state index in [-0.39, 0.29) is 21.5 Å². The first-order valence-electron chi connectivity index (χ1n) is 5.40. The average molecular weight is 365 g/mol. The molecule has 1 rings (SSSR count). The summed E-state index contributed by atoms with van der Waals surface area (Å²) >= 11 is 3.03. The van der Waals surface area contributed by atoms with E-state index in [2.05, 4.69) is 21.2 Å². The van der Waals surface area contributed by atoms with Crippen LogP contribution in [0.5, 0.6) is 0 Å². The van der Waals surface area contributed by atoms with Gasteiger partial charge in [0.1, 0.15) is 0 Å². The molecule has 0 saturated carbocycles. The number of nitrogens with one attached hydrogen (secondary N) is 1. The van der Waals surface area contributed by atoms with Crippen LogP contribution in [-0.2, 0) is 14.8 Å². The predicted octanol–water partition coefficient (Wildman–Crippen LogP) is 0.514. The number of hydrogen-bond acceptors (Lipinski definition) is 4. The zero-order valence-electron chi connectivity index (χ0n) is 10.8. The summed E-state index contributed by atoms with van der Waals surface area (Å²) in [7, 11) is -1.22. The Morgan fingerprint density at radius 2 is 2.00 bits per heavy atom. The molecule has 0 atom stereocenters. The summed E-state index contributed by atoms with van der Waals surface area (Å²) in [6.07, 6.45) is 0. The van der Waals surface area contributed by atoms with Crippen LogP contribution in [0.4, 0.5) is 0 Å². The highest BCUT2D eigenvalue weighted by molar-refractivity contribution is 9.10. The maximum atomic E-state index is 12.3. The van der Waals surface area contributed by atoms with Gasteiger partial charge >= 0.3 is 5.97 Å². The van der Waals surface area contributed by atoms with Crippen LogP contribution in [0.1, 0.15) is 10.4 Å². The van der Waals surface area contributed by atoms with Gasteiger partial charge in [-0.3, -0.25) is 4.79 Å². The Hall–Kier alpha value is -1.45. The molecule has 0 aliphatic carbocycles.